The summed E-state index contributed by atoms with van der Waals surface area (Å²) in [6.45, 7) is 0.772. The smallest absolute Gasteiger partial charge is 0.239 e. The Kier molecular flexibility index (Phi) is 3.12. The highest BCUT2D eigenvalue weighted by Crippen LogP contribution is 2.40. The Bertz CT molecular complexity index is 773. The second kappa shape index (κ2) is 5.14. The first-order valence-electron chi connectivity index (χ1n) is 7.18. The topological polar surface area (TPSA) is 44.7 Å². The third-order valence-electron chi connectivity index (χ3n) is 4.05. The largest absolute Gasteiger partial charge is 0.347 e. The van der Waals surface area contributed by atoms with Gasteiger partial charge < -0.3 is 10.2 Å². The number of amides is 1. The van der Waals surface area contributed by atoms with Gasteiger partial charge in [-0.1, -0.05) is 41.9 Å². The maximum absolute atomic E-state index is 11.8. The normalized spacial score (nSPS) is 19.9. The zero-order valence-corrected chi connectivity index (χ0v) is 12.5. The van der Waals surface area contributed by atoms with Crippen molar-refractivity contribution in [2.24, 2.45) is 4.99 Å². The third-order valence-corrected chi connectivity index (χ3v) is 4.28. The number of hydrogen-bond donors (Lipinski definition) is 1. The molecule has 0 radical (unpaired) electrons. The number of carbonyl (C=O) groups is 1. The van der Waals surface area contributed by atoms with E-state index in [1.807, 2.05) is 36.4 Å². The van der Waals surface area contributed by atoms with Gasteiger partial charge >= 0.3 is 0 Å². The number of fused-ring (bicyclic) bond motifs is 2. The van der Waals surface area contributed by atoms with Crippen LogP contribution in [0.2, 0.25) is 5.02 Å². The highest BCUT2D eigenvalue weighted by molar-refractivity contribution is 6.30. The van der Waals surface area contributed by atoms with Gasteiger partial charge in [-0.05, 0) is 23.8 Å². The molecule has 5 heteroatoms. The molecular weight excluding hydrogens is 298 g/mol. The van der Waals surface area contributed by atoms with Gasteiger partial charge in [0.15, 0.2) is 0 Å². The van der Waals surface area contributed by atoms with Gasteiger partial charge in [-0.15, -0.1) is 0 Å². The molecule has 2 aromatic carbocycles. The van der Waals surface area contributed by atoms with Crippen molar-refractivity contribution in [3.05, 3.63) is 64.7 Å². The van der Waals surface area contributed by atoms with E-state index in [9.17, 15) is 4.79 Å². The van der Waals surface area contributed by atoms with Crippen molar-refractivity contribution in [3.63, 3.8) is 0 Å². The molecule has 0 aliphatic carbocycles. The summed E-state index contributed by atoms with van der Waals surface area (Å²) in [6.07, 6.45) is 0. The standard InChI is InChI=1S/C17H14ClN3O/c18-12-6-7-14-13(8-12)17(11-4-2-1-3-5-11)21-10-16(22)19-9-15(21)20-14/h1-8,17H,9-10H2,(H,19,22)/t17-/m0/s1. The van der Waals surface area contributed by atoms with E-state index < -0.39 is 0 Å². The van der Waals surface area contributed by atoms with Crippen LogP contribution in [0.1, 0.15) is 17.2 Å². The summed E-state index contributed by atoms with van der Waals surface area (Å²) in [6, 6.07) is 15.9. The maximum atomic E-state index is 11.8. The fraction of sp³-hybridized carbons (Fsp3) is 0.176. The first kappa shape index (κ1) is 13.3. The minimum Gasteiger partial charge on any atom is -0.347 e. The van der Waals surface area contributed by atoms with Gasteiger partial charge in [0.1, 0.15) is 5.84 Å². The molecule has 22 heavy (non-hydrogen) atoms. The molecular formula is C17H14ClN3O. The molecule has 1 saturated heterocycles. The Balaban J connectivity index is 1.91. The molecule has 110 valence electrons. The molecule has 4 rings (SSSR count). The molecule has 0 saturated carbocycles. The summed E-state index contributed by atoms with van der Waals surface area (Å²) in [5.41, 5.74) is 3.09. The Morgan fingerprint density at radius 1 is 1.18 bits per heavy atom. The lowest BCUT2D eigenvalue weighted by atomic mass is 9.93. The molecule has 2 aliphatic rings. The second-order valence-corrected chi connectivity index (χ2v) is 5.89. The average molecular weight is 312 g/mol. The number of aliphatic imine (C=N–C) groups is 1. The van der Waals surface area contributed by atoms with Crippen LogP contribution in [0.15, 0.2) is 53.5 Å². The van der Waals surface area contributed by atoms with Gasteiger partial charge in [-0.2, -0.15) is 0 Å². The van der Waals surface area contributed by atoms with Gasteiger partial charge in [-0.3, -0.25) is 4.79 Å². The monoisotopic (exact) mass is 311 g/mol. The van der Waals surface area contributed by atoms with E-state index in [1.165, 1.54) is 0 Å². The van der Waals surface area contributed by atoms with Crippen LogP contribution in [0.5, 0.6) is 0 Å². The van der Waals surface area contributed by atoms with Crippen molar-refractivity contribution in [3.8, 4) is 0 Å². The number of amidine groups is 1. The van der Waals surface area contributed by atoms with Crippen molar-refractivity contribution < 1.29 is 4.79 Å². The summed E-state index contributed by atoms with van der Waals surface area (Å²) in [7, 11) is 0. The number of halogens is 1. The summed E-state index contributed by atoms with van der Waals surface area (Å²) in [4.78, 5) is 18.6. The van der Waals surface area contributed by atoms with Crippen LogP contribution in [0, 0.1) is 0 Å². The molecule has 1 amide bonds. The number of rotatable bonds is 1. The Morgan fingerprint density at radius 3 is 2.82 bits per heavy atom. The van der Waals surface area contributed by atoms with E-state index in [2.05, 4.69) is 27.3 Å². The first-order valence-corrected chi connectivity index (χ1v) is 7.55. The number of hydrogen-bond acceptors (Lipinski definition) is 3. The van der Waals surface area contributed by atoms with E-state index in [4.69, 9.17) is 11.6 Å². The van der Waals surface area contributed by atoms with Crippen LogP contribution in [0.4, 0.5) is 5.69 Å². The zero-order chi connectivity index (χ0) is 15.1. The van der Waals surface area contributed by atoms with E-state index in [1.54, 1.807) is 0 Å². The van der Waals surface area contributed by atoms with Gasteiger partial charge in [0.05, 0.1) is 24.8 Å². The molecule has 1 atom stereocenters. The first-order chi connectivity index (χ1) is 10.7. The van der Waals surface area contributed by atoms with Crippen molar-refractivity contribution in [1.29, 1.82) is 0 Å². The van der Waals surface area contributed by atoms with E-state index >= 15 is 0 Å². The lowest BCUT2D eigenvalue weighted by Gasteiger charge is -2.40. The molecule has 2 aromatic rings. The lowest BCUT2D eigenvalue weighted by molar-refractivity contribution is -0.122. The molecule has 1 fully saturated rings. The highest BCUT2D eigenvalue weighted by atomic mass is 35.5. The van der Waals surface area contributed by atoms with Crippen LogP contribution in [0.3, 0.4) is 0 Å². The molecule has 0 spiro atoms. The van der Waals surface area contributed by atoms with Gasteiger partial charge in [-0.25, -0.2) is 4.99 Å². The van der Waals surface area contributed by atoms with Crippen LogP contribution >= 0.6 is 11.6 Å². The van der Waals surface area contributed by atoms with Crippen molar-refractivity contribution >= 4 is 29.0 Å². The molecule has 1 N–H and O–H groups in total. The van der Waals surface area contributed by atoms with Gasteiger partial charge in [0.25, 0.3) is 0 Å². The van der Waals surface area contributed by atoms with E-state index in [0.717, 1.165) is 22.6 Å². The van der Waals surface area contributed by atoms with Gasteiger partial charge in [0.2, 0.25) is 5.91 Å². The number of nitrogens with one attached hydrogen (secondary N) is 1. The molecule has 0 unspecified atom stereocenters. The Labute approximate surface area is 133 Å². The average Bonchev–Trinajstić information content (AvgIpc) is 2.54. The molecule has 2 heterocycles. The van der Waals surface area contributed by atoms with Crippen LogP contribution in [0.25, 0.3) is 0 Å². The summed E-state index contributed by atoms with van der Waals surface area (Å²) < 4.78 is 0. The number of nitrogens with zero attached hydrogens (tertiary/aromatic N) is 2. The number of carbonyl (C=O) groups excluding carboxylic acids is 1. The maximum Gasteiger partial charge on any atom is 0.239 e. The predicted octanol–water partition coefficient (Wildman–Crippen LogP) is 2.90. The van der Waals surface area contributed by atoms with Crippen LogP contribution in [-0.2, 0) is 4.79 Å². The number of benzene rings is 2. The van der Waals surface area contributed by atoms with E-state index in [0.29, 0.717) is 18.1 Å². The van der Waals surface area contributed by atoms with Crippen molar-refractivity contribution in [1.82, 2.24) is 10.2 Å². The fourth-order valence-electron chi connectivity index (χ4n) is 3.07. The Hall–Kier alpha value is -2.33. The SMILES string of the molecule is O=C1CN2C(=Nc3ccc(Cl)cc3[C@@H]2c2ccccc2)CN1. The summed E-state index contributed by atoms with van der Waals surface area (Å²) in [5, 5.41) is 3.54. The lowest BCUT2D eigenvalue weighted by Crippen LogP contribution is -2.53. The van der Waals surface area contributed by atoms with Crippen molar-refractivity contribution in [2.75, 3.05) is 13.1 Å². The predicted molar refractivity (Wildman–Crippen MR) is 86.5 cm³/mol. The third kappa shape index (κ3) is 2.16. The highest BCUT2D eigenvalue weighted by Gasteiger charge is 2.34. The minimum absolute atomic E-state index is 0.0189. The molecule has 0 aromatic heterocycles. The minimum atomic E-state index is -0.0338. The zero-order valence-electron chi connectivity index (χ0n) is 11.8. The summed E-state index contributed by atoms with van der Waals surface area (Å²) in [5.74, 6) is 0.911. The van der Waals surface area contributed by atoms with E-state index in [-0.39, 0.29) is 11.9 Å². The fourth-order valence-corrected chi connectivity index (χ4v) is 3.25. The number of piperazine rings is 1. The quantitative estimate of drug-likeness (QED) is 0.880. The van der Waals surface area contributed by atoms with Crippen LogP contribution in [-0.4, -0.2) is 29.7 Å². The second-order valence-electron chi connectivity index (χ2n) is 5.45. The van der Waals surface area contributed by atoms with Crippen LogP contribution < -0.4 is 5.32 Å². The van der Waals surface area contributed by atoms with Crippen molar-refractivity contribution in [2.45, 2.75) is 6.04 Å². The van der Waals surface area contributed by atoms with Gasteiger partial charge in [0, 0.05) is 10.6 Å². The molecule has 0 bridgehead atoms. The summed E-state index contributed by atoms with van der Waals surface area (Å²) >= 11 is 6.19. The molecule has 2 aliphatic heterocycles. The molecule has 4 nitrogen and oxygen atoms in total. The Morgan fingerprint density at radius 2 is 2.00 bits per heavy atom.